The number of methoxy groups -OCH3 is 1. The number of non-ortho nitro benzene ring substituents is 1. The molecule has 0 atom stereocenters. The molecule has 0 spiro atoms. The predicted octanol–water partition coefficient (Wildman–Crippen LogP) is 5.60. The molecular formula is C29H21BrN4O7. The van der Waals surface area contributed by atoms with Gasteiger partial charge in [0, 0.05) is 39.0 Å². The SMILES string of the molecule is COc1cccc(C(=O)Nc2cccc(C(=O)NN=Cc3cc(Br)ccc3OC(=O)c3ccc([N+](=O)[O-])cc3)c2)c1. The highest BCUT2D eigenvalue weighted by Crippen LogP contribution is 2.23. The maximum Gasteiger partial charge on any atom is 0.343 e. The summed E-state index contributed by atoms with van der Waals surface area (Å²) in [5, 5.41) is 17.6. The Bertz CT molecular complexity index is 1660. The third kappa shape index (κ3) is 7.61. The van der Waals surface area contributed by atoms with E-state index in [2.05, 4.69) is 31.8 Å². The van der Waals surface area contributed by atoms with Crippen molar-refractivity contribution in [3.05, 3.63) is 128 Å². The third-order valence-corrected chi connectivity index (χ3v) is 6.07. The summed E-state index contributed by atoms with van der Waals surface area (Å²) < 4.78 is 11.3. The molecule has 2 amide bonds. The van der Waals surface area contributed by atoms with E-state index in [4.69, 9.17) is 9.47 Å². The minimum absolute atomic E-state index is 0.119. The Kier molecular flexibility index (Phi) is 9.17. The van der Waals surface area contributed by atoms with E-state index < -0.39 is 16.8 Å². The van der Waals surface area contributed by atoms with Gasteiger partial charge in [0.1, 0.15) is 11.5 Å². The van der Waals surface area contributed by atoms with Crippen LogP contribution < -0.4 is 20.2 Å². The molecule has 0 heterocycles. The van der Waals surface area contributed by atoms with Gasteiger partial charge in [-0.2, -0.15) is 5.10 Å². The van der Waals surface area contributed by atoms with Gasteiger partial charge >= 0.3 is 5.97 Å². The van der Waals surface area contributed by atoms with E-state index in [9.17, 15) is 24.5 Å². The van der Waals surface area contributed by atoms with Gasteiger partial charge in [0.15, 0.2) is 0 Å². The van der Waals surface area contributed by atoms with Crippen molar-refractivity contribution in [2.45, 2.75) is 0 Å². The second kappa shape index (κ2) is 13.1. The molecule has 0 aliphatic carbocycles. The number of carbonyl (C=O) groups excluding carboxylic acids is 3. The van der Waals surface area contributed by atoms with Gasteiger partial charge in [-0.05, 0) is 66.7 Å². The Hall–Kier alpha value is -5.36. The summed E-state index contributed by atoms with van der Waals surface area (Å²) in [6.45, 7) is 0. The van der Waals surface area contributed by atoms with Gasteiger partial charge in [-0.15, -0.1) is 0 Å². The Morgan fingerprint density at radius 2 is 1.59 bits per heavy atom. The molecule has 2 N–H and O–H groups in total. The molecule has 0 radical (unpaired) electrons. The number of ether oxygens (including phenoxy) is 2. The van der Waals surface area contributed by atoms with Crippen LogP contribution in [0.25, 0.3) is 0 Å². The number of esters is 1. The van der Waals surface area contributed by atoms with E-state index in [1.165, 1.54) is 49.7 Å². The number of nitrogens with one attached hydrogen (secondary N) is 2. The number of hydrogen-bond donors (Lipinski definition) is 2. The lowest BCUT2D eigenvalue weighted by atomic mass is 10.1. The second-order valence-electron chi connectivity index (χ2n) is 8.34. The fraction of sp³-hybridized carbons (Fsp3) is 0.0345. The zero-order valence-electron chi connectivity index (χ0n) is 21.4. The summed E-state index contributed by atoms with van der Waals surface area (Å²) in [5.74, 6) is -0.952. The number of anilines is 1. The number of amides is 2. The lowest BCUT2D eigenvalue weighted by Gasteiger charge is -2.09. The molecule has 0 bridgehead atoms. The lowest BCUT2D eigenvalue weighted by Crippen LogP contribution is -2.18. The van der Waals surface area contributed by atoms with Crippen molar-refractivity contribution in [1.82, 2.24) is 5.43 Å². The van der Waals surface area contributed by atoms with E-state index >= 15 is 0 Å². The molecule has 4 aromatic rings. The molecule has 0 saturated heterocycles. The van der Waals surface area contributed by atoms with Crippen LogP contribution in [0.1, 0.15) is 36.6 Å². The van der Waals surface area contributed by atoms with Gasteiger partial charge in [-0.1, -0.05) is 28.1 Å². The first kappa shape index (κ1) is 28.6. The molecule has 206 valence electrons. The van der Waals surface area contributed by atoms with Crippen LogP contribution in [0.2, 0.25) is 0 Å². The summed E-state index contributed by atoms with van der Waals surface area (Å²) in [4.78, 5) is 48.2. The Balaban J connectivity index is 1.42. The second-order valence-corrected chi connectivity index (χ2v) is 9.26. The highest BCUT2D eigenvalue weighted by Gasteiger charge is 2.14. The van der Waals surface area contributed by atoms with Gasteiger partial charge < -0.3 is 14.8 Å². The van der Waals surface area contributed by atoms with Crippen LogP contribution in [0.4, 0.5) is 11.4 Å². The van der Waals surface area contributed by atoms with Gasteiger partial charge in [0.05, 0.1) is 23.8 Å². The molecule has 0 aliphatic heterocycles. The summed E-state index contributed by atoms with van der Waals surface area (Å²) in [7, 11) is 1.51. The maximum atomic E-state index is 12.7. The Labute approximate surface area is 242 Å². The molecule has 0 unspecified atom stereocenters. The van der Waals surface area contributed by atoms with Gasteiger partial charge in [-0.25, -0.2) is 10.2 Å². The van der Waals surface area contributed by atoms with Crippen molar-refractivity contribution in [2.75, 3.05) is 12.4 Å². The molecule has 4 rings (SSSR count). The van der Waals surface area contributed by atoms with Gasteiger partial charge in [0.2, 0.25) is 0 Å². The molecule has 11 nitrogen and oxygen atoms in total. The van der Waals surface area contributed by atoms with Crippen LogP contribution in [-0.2, 0) is 0 Å². The maximum absolute atomic E-state index is 12.7. The molecule has 4 aromatic carbocycles. The van der Waals surface area contributed by atoms with E-state index in [0.717, 1.165) is 0 Å². The molecule has 0 aromatic heterocycles. The van der Waals surface area contributed by atoms with Crippen molar-refractivity contribution < 1.29 is 28.8 Å². The number of hydrogen-bond acceptors (Lipinski definition) is 8. The van der Waals surface area contributed by atoms with Crippen molar-refractivity contribution in [3.8, 4) is 11.5 Å². The first-order chi connectivity index (χ1) is 19.7. The van der Waals surface area contributed by atoms with E-state index in [1.807, 2.05) is 0 Å². The van der Waals surface area contributed by atoms with Crippen LogP contribution in [-0.4, -0.2) is 36.0 Å². The smallest absolute Gasteiger partial charge is 0.343 e. The first-order valence-electron chi connectivity index (χ1n) is 11.9. The summed E-state index contributed by atoms with van der Waals surface area (Å²) in [5.41, 5.74) is 3.78. The summed E-state index contributed by atoms with van der Waals surface area (Å²) in [6, 6.07) is 22.8. The number of nitro groups is 1. The molecule has 0 fully saturated rings. The standard InChI is InChI=1S/C29H21BrN4O7/c1-40-25-7-3-5-20(16-25)27(35)32-23-6-2-4-19(15-23)28(36)33-31-17-21-14-22(30)10-13-26(21)41-29(37)18-8-11-24(12-9-18)34(38)39/h2-17H,1H3,(H,32,35)(H,33,36). The average molecular weight is 617 g/mol. The number of halogens is 1. The molecular weight excluding hydrogens is 596 g/mol. The molecule has 0 aliphatic rings. The molecule has 0 saturated carbocycles. The number of nitro benzene ring substituents is 1. The number of hydrazone groups is 1. The van der Waals surface area contributed by atoms with Crippen molar-refractivity contribution in [2.24, 2.45) is 5.10 Å². The van der Waals surface area contributed by atoms with Gasteiger partial charge in [0.25, 0.3) is 17.5 Å². The van der Waals surface area contributed by atoms with Crippen molar-refractivity contribution in [1.29, 1.82) is 0 Å². The van der Waals surface area contributed by atoms with Crippen LogP contribution in [0.5, 0.6) is 11.5 Å². The minimum Gasteiger partial charge on any atom is -0.497 e. The van der Waals surface area contributed by atoms with E-state index in [0.29, 0.717) is 27.0 Å². The van der Waals surface area contributed by atoms with Crippen LogP contribution in [0.3, 0.4) is 0 Å². The highest BCUT2D eigenvalue weighted by molar-refractivity contribution is 9.10. The van der Waals surface area contributed by atoms with Crippen LogP contribution in [0.15, 0.2) is 101 Å². The van der Waals surface area contributed by atoms with Crippen molar-refractivity contribution >= 4 is 51.3 Å². The predicted molar refractivity (Wildman–Crippen MR) is 155 cm³/mol. The molecule has 12 heteroatoms. The first-order valence-corrected chi connectivity index (χ1v) is 12.7. The number of nitrogens with zero attached hydrogens (tertiary/aromatic N) is 2. The normalized spacial score (nSPS) is 10.6. The van der Waals surface area contributed by atoms with Crippen LogP contribution >= 0.6 is 15.9 Å². The van der Waals surface area contributed by atoms with Crippen molar-refractivity contribution in [3.63, 3.8) is 0 Å². The average Bonchev–Trinajstić information content (AvgIpc) is 2.98. The van der Waals surface area contributed by atoms with Gasteiger partial charge in [-0.3, -0.25) is 19.7 Å². The minimum atomic E-state index is -0.728. The largest absolute Gasteiger partial charge is 0.497 e. The number of benzene rings is 4. The quantitative estimate of drug-likeness (QED) is 0.0816. The zero-order valence-corrected chi connectivity index (χ0v) is 23.0. The summed E-state index contributed by atoms with van der Waals surface area (Å²) in [6.07, 6.45) is 1.30. The monoisotopic (exact) mass is 616 g/mol. The fourth-order valence-corrected chi connectivity index (χ4v) is 3.90. The lowest BCUT2D eigenvalue weighted by molar-refractivity contribution is -0.384. The highest BCUT2D eigenvalue weighted by atomic mass is 79.9. The fourth-order valence-electron chi connectivity index (χ4n) is 3.52. The zero-order chi connectivity index (χ0) is 29.4. The third-order valence-electron chi connectivity index (χ3n) is 5.57. The Morgan fingerprint density at radius 1 is 0.878 bits per heavy atom. The Morgan fingerprint density at radius 3 is 2.29 bits per heavy atom. The molecule has 41 heavy (non-hydrogen) atoms. The topological polar surface area (TPSA) is 149 Å². The number of carbonyl (C=O) groups is 3. The summed E-state index contributed by atoms with van der Waals surface area (Å²) >= 11 is 3.34. The number of rotatable bonds is 9. The van der Waals surface area contributed by atoms with Crippen LogP contribution in [0, 0.1) is 10.1 Å². The van der Waals surface area contributed by atoms with E-state index in [1.54, 1.807) is 54.6 Å². The van der Waals surface area contributed by atoms with E-state index in [-0.39, 0.29) is 28.5 Å².